The van der Waals surface area contributed by atoms with Crippen molar-refractivity contribution in [2.24, 2.45) is 0 Å². The fourth-order valence-electron chi connectivity index (χ4n) is 1.01. The van der Waals surface area contributed by atoms with Gasteiger partial charge in [-0.05, 0) is 24.6 Å². The smallest absolute Gasteiger partial charge is 0.304 e. The number of nitro benzene ring substituents is 1. The van der Waals surface area contributed by atoms with E-state index in [-0.39, 0.29) is 6.61 Å². The van der Waals surface area contributed by atoms with E-state index in [0.717, 1.165) is 12.1 Å². The lowest BCUT2D eigenvalue weighted by Crippen LogP contribution is -1.96. The quantitative estimate of drug-likeness (QED) is 0.552. The number of nitrogens with zero attached hydrogens (tertiary/aromatic N) is 1. The number of halogens is 1. The van der Waals surface area contributed by atoms with Crippen molar-refractivity contribution < 1.29 is 14.1 Å². The first-order chi connectivity index (χ1) is 6.65. The normalized spacial score (nSPS) is 10.1. The van der Waals surface area contributed by atoms with Crippen LogP contribution in [0.5, 0.6) is 0 Å². The molecule has 76 valence electrons. The highest BCUT2D eigenvalue weighted by atomic mass is 19.1. The lowest BCUT2D eigenvalue weighted by Gasteiger charge is -2.01. The van der Waals surface area contributed by atoms with Crippen molar-refractivity contribution in [3.63, 3.8) is 0 Å². The molecule has 0 aromatic heterocycles. The van der Waals surface area contributed by atoms with Crippen LogP contribution in [0, 0.1) is 15.9 Å². The van der Waals surface area contributed by atoms with E-state index in [9.17, 15) is 14.5 Å². The third kappa shape index (κ3) is 2.50. The maximum absolute atomic E-state index is 13.0. The monoisotopic (exact) mass is 199 g/mol. The molecular formula is C9H10FNO3. The van der Waals surface area contributed by atoms with Crippen molar-refractivity contribution in [2.45, 2.75) is 13.5 Å². The maximum Gasteiger partial charge on any atom is 0.304 e. The van der Waals surface area contributed by atoms with E-state index in [1.165, 1.54) is 6.07 Å². The number of ether oxygens (including phenoxy) is 1. The lowest BCUT2D eigenvalue weighted by atomic mass is 10.2. The van der Waals surface area contributed by atoms with Gasteiger partial charge in [-0.25, -0.2) is 0 Å². The number of rotatable bonds is 4. The first kappa shape index (κ1) is 10.6. The van der Waals surface area contributed by atoms with Gasteiger partial charge >= 0.3 is 5.69 Å². The Labute approximate surface area is 80.5 Å². The Morgan fingerprint density at radius 1 is 1.57 bits per heavy atom. The molecule has 1 aromatic carbocycles. The molecule has 0 aliphatic carbocycles. The van der Waals surface area contributed by atoms with E-state index >= 15 is 0 Å². The molecule has 0 aliphatic heterocycles. The zero-order chi connectivity index (χ0) is 10.6. The van der Waals surface area contributed by atoms with Crippen LogP contribution in [-0.2, 0) is 11.3 Å². The molecule has 0 bridgehead atoms. The fraction of sp³-hybridized carbons (Fsp3) is 0.333. The molecule has 0 atom stereocenters. The van der Waals surface area contributed by atoms with Gasteiger partial charge in [0.15, 0.2) is 0 Å². The van der Waals surface area contributed by atoms with E-state index < -0.39 is 16.4 Å². The minimum Gasteiger partial charge on any atom is -0.377 e. The van der Waals surface area contributed by atoms with Crippen molar-refractivity contribution in [1.82, 2.24) is 0 Å². The van der Waals surface area contributed by atoms with Gasteiger partial charge < -0.3 is 4.74 Å². The molecule has 0 heterocycles. The van der Waals surface area contributed by atoms with Crippen LogP contribution in [0.2, 0.25) is 0 Å². The molecule has 14 heavy (non-hydrogen) atoms. The molecule has 0 amide bonds. The first-order valence-corrected chi connectivity index (χ1v) is 4.15. The summed E-state index contributed by atoms with van der Waals surface area (Å²) in [7, 11) is 0. The number of nitro groups is 1. The molecule has 0 spiro atoms. The molecule has 1 aromatic rings. The Kier molecular flexibility index (Phi) is 3.53. The summed E-state index contributed by atoms with van der Waals surface area (Å²) in [4.78, 5) is 9.53. The molecule has 0 radical (unpaired) electrons. The summed E-state index contributed by atoms with van der Waals surface area (Å²) >= 11 is 0. The van der Waals surface area contributed by atoms with Crippen LogP contribution >= 0.6 is 0 Å². The van der Waals surface area contributed by atoms with Crippen molar-refractivity contribution in [3.05, 3.63) is 39.7 Å². The summed E-state index contributed by atoms with van der Waals surface area (Å²) in [6.07, 6.45) is 0. The Bertz CT molecular complexity index is 341. The van der Waals surface area contributed by atoms with Gasteiger partial charge in [-0.1, -0.05) is 0 Å². The average molecular weight is 199 g/mol. The van der Waals surface area contributed by atoms with Crippen LogP contribution < -0.4 is 0 Å². The van der Waals surface area contributed by atoms with Gasteiger partial charge in [0.1, 0.15) is 0 Å². The molecule has 5 heteroatoms. The van der Waals surface area contributed by atoms with Crippen LogP contribution in [-0.4, -0.2) is 11.5 Å². The second kappa shape index (κ2) is 4.66. The predicted octanol–water partition coefficient (Wildman–Crippen LogP) is 2.27. The molecule has 0 saturated carbocycles. The minimum absolute atomic E-state index is 0.269. The second-order valence-corrected chi connectivity index (χ2v) is 2.68. The summed E-state index contributed by atoms with van der Waals surface area (Å²) in [5, 5.41) is 10.3. The topological polar surface area (TPSA) is 52.4 Å². The highest BCUT2D eigenvalue weighted by Crippen LogP contribution is 2.18. The Morgan fingerprint density at radius 3 is 2.79 bits per heavy atom. The van der Waals surface area contributed by atoms with Crippen molar-refractivity contribution in [3.8, 4) is 0 Å². The average Bonchev–Trinajstić information content (AvgIpc) is 2.14. The third-order valence-electron chi connectivity index (χ3n) is 1.68. The predicted molar refractivity (Wildman–Crippen MR) is 48.4 cm³/mol. The van der Waals surface area contributed by atoms with E-state index in [1.807, 2.05) is 6.92 Å². The summed E-state index contributed by atoms with van der Waals surface area (Å²) in [6, 6.07) is 3.74. The molecular weight excluding hydrogens is 189 g/mol. The van der Waals surface area contributed by atoms with E-state index in [4.69, 9.17) is 4.74 Å². The molecule has 0 aliphatic rings. The number of benzene rings is 1. The van der Waals surface area contributed by atoms with Gasteiger partial charge in [-0.2, -0.15) is 4.39 Å². The third-order valence-corrected chi connectivity index (χ3v) is 1.68. The fourth-order valence-corrected chi connectivity index (χ4v) is 1.01. The number of hydrogen-bond acceptors (Lipinski definition) is 3. The Morgan fingerprint density at radius 2 is 2.29 bits per heavy atom. The van der Waals surface area contributed by atoms with Crippen molar-refractivity contribution >= 4 is 5.69 Å². The lowest BCUT2D eigenvalue weighted by molar-refractivity contribution is -0.387. The highest BCUT2D eigenvalue weighted by Gasteiger charge is 2.13. The zero-order valence-corrected chi connectivity index (χ0v) is 7.70. The summed E-state index contributed by atoms with van der Waals surface area (Å²) < 4.78 is 18.1. The van der Waals surface area contributed by atoms with Crippen LogP contribution in [0.4, 0.5) is 10.1 Å². The van der Waals surface area contributed by atoms with Gasteiger partial charge in [0, 0.05) is 12.7 Å². The molecule has 0 saturated heterocycles. The van der Waals surface area contributed by atoms with Crippen LogP contribution in [0.3, 0.4) is 0 Å². The second-order valence-electron chi connectivity index (χ2n) is 2.68. The molecule has 0 N–H and O–H groups in total. The highest BCUT2D eigenvalue weighted by molar-refractivity contribution is 5.34. The largest absolute Gasteiger partial charge is 0.377 e. The first-order valence-electron chi connectivity index (χ1n) is 4.15. The van der Waals surface area contributed by atoms with Gasteiger partial charge in [0.05, 0.1) is 11.5 Å². The van der Waals surface area contributed by atoms with E-state index in [0.29, 0.717) is 12.2 Å². The van der Waals surface area contributed by atoms with E-state index in [1.54, 1.807) is 0 Å². The molecule has 4 nitrogen and oxygen atoms in total. The summed E-state index contributed by atoms with van der Waals surface area (Å²) in [5.74, 6) is -0.827. The standard InChI is InChI=1S/C9H10FNO3/c1-2-14-6-7-3-4-9(11(12)13)8(10)5-7/h3-5H,2,6H2,1H3. The van der Waals surface area contributed by atoms with Crippen LogP contribution in [0.15, 0.2) is 18.2 Å². The van der Waals surface area contributed by atoms with E-state index in [2.05, 4.69) is 0 Å². The summed E-state index contributed by atoms with van der Waals surface area (Å²) in [6.45, 7) is 2.62. The zero-order valence-electron chi connectivity index (χ0n) is 7.70. The summed E-state index contributed by atoms with van der Waals surface area (Å²) in [5.41, 5.74) is 0.0835. The minimum atomic E-state index is -0.827. The molecule has 0 fully saturated rings. The maximum atomic E-state index is 13.0. The molecule has 0 unspecified atom stereocenters. The Balaban J connectivity index is 2.83. The van der Waals surface area contributed by atoms with Gasteiger partial charge in [-0.15, -0.1) is 0 Å². The SMILES string of the molecule is CCOCc1ccc([N+](=O)[O-])c(F)c1. The van der Waals surface area contributed by atoms with Crippen LogP contribution in [0.25, 0.3) is 0 Å². The van der Waals surface area contributed by atoms with Gasteiger partial charge in [0.2, 0.25) is 5.82 Å². The Hall–Kier alpha value is -1.49. The van der Waals surface area contributed by atoms with Crippen molar-refractivity contribution in [2.75, 3.05) is 6.61 Å². The molecule has 1 rings (SSSR count). The van der Waals surface area contributed by atoms with Crippen LogP contribution in [0.1, 0.15) is 12.5 Å². The number of hydrogen-bond donors (Lipinski definition) is 0. The van der Waals surface area contributed by atoms with Gasteiger partial charge in [0.25, 0.3) is 0 Å². The van der Waals surface area contributed by atoms with Crippen molar-refractivity contribution in [1.29, 1.82) is 0 Å². The van der Waals surface area contributed by atoms with Gasteiger partial charge in [-0.3, -0.25) is 10.1 Å².